The van der Waals surface area contributed by atoms with E-state index in [1.54, 1.807) is 20.0 Å². The van der Waals surface area contributed by atoms with Gasteiger partial charge in [-0.2, -0.15) is 0 Å². The molecule has 3 heterocycles. The summed E-state index contributed by atoms with van der Waals surface area (Å²) >= 11 is 0. The third-order valence-corrected chi connectivity index (χ3v) is 9.26. The molecule has 17 heteroatoms. The highest BCUT2D eigenvalue weighted by Crippen LogP contribution is 2.23. The van der Waals surface area contributed by atoms with Gasteiger partial charge in [-0.05, 0) is 48.1 Å². The number of para-hydroxylation sites is 1. The van der Waals surface area contributed by atoms with Gasteiger partial charge in [0.25, 0.3) is 0 Å². The summed E-state index contributed by atoms with van der Waals surface area (Å²) < 4.78 is 0. The Hall–Kier alpha value is -5.97. The van der Waals surface area contributed by atoms with Crippen molar-refractivity contribution in [3.63, 3.8) is 0 Å². The maximum Gasteiger partial charge on any atom is 0.246 e. The first-order valence-electron chi connectivity index (χ1n) is 17.4. The predicted octanol–water partition coefficient (Wildman–Crippen LogP) is -1.39. The van der Waals surface area contributed by atoms with Crippen molar-refractivity contribution in [2.45, 2.75) is 63.4 Å². The SMILES string of the molecule is CC(C)[C@@H]1NC(=O)CNC(=O)[C@@H]2CCCN2C(=O)[C@H](Cc2c[nH]c3ccccc23)NC(=O)CNC(=O)[C@H](C(O)c2ccc(O)cc2)NC(=O)CNC1=O. The molecule has 7 amide bonds. The van der Waals surface area contributed by atoms with Crippen LogP contribution in [0, 0.1) is 5.92 Å². The van der Waals surface area contributed by atoms with E-state index in [0.717, 1.165) is 10.9 Å². The molecule has 2 aromatic carbocycles. The summed E-state index contributed by atoms with van der Waals surface area (Å²) in [6, 6.07) is 7.76. The highest BCUT2D eigenvalue weighted by Gasteiger charge is 2.39. The van der Waals surface area contributed by atoms with Crippen molar-refractivity contribution in [2.75, 3.05) is 26.2 Å². The fraction of sp³-hybridized carbons (Fsp3) is 0.417. The van der Waals surface area contributed by atoms with Gasteiger partial charge in [-0.1, -0.05) is 44.2 Å². The number of amides is 7. The van der Waals surface area contributed by atoms with E-state index in [4.69, 9.17) is 0 Å². The second-order valence-corrected chi connectivity index (χ2v) is 13.4. The number of nitrogens with one attached hydrogen (secondary N) is 7. The number of aromatic hydroxyl groups is 1. The van der Waals surface area contributed by atoms with Crippen molar-refractivity contribution >= 4 is 52.3 Å². The summed E-state index contributed by atoms with van der Waals surface area (Å²) in [5.41, 5.74) is 1.68. The van der Waals surface area contributed by atoms with Gasteiger partial charge in [0.05, 0.1) is 19.6 Å². The van der Waals surface area contributed by atoms with Crippen LogP contribution in [0.2, 0.25) is 0 Å². The summed E-state index contributed by atoms with van der Waals surface area (Å²) in [6.07, 6.45) is 0.903. The van der Waals surface area contributed by atoms with E-state index in [0.29, 0.717) is 18.4 Å². The van der Waals surface area contributed by atoms with Crippen LogP contribution in [0.15, 0.2) is 54.7 Å². The molecule has 2 aliphatic rings. The van der Waals surface area contributed by atoms with Crippen molar-refractivity contribution in [3.05, 3.63) is 65.9 Å². The van der Waals surface area contributed by atoms with Gasteiger partial charge in [0.1, 0.15) is 36.0 Å². The van der Waals surface area contributed by atoms with Gasteiger partial charge in [-0.25, -0.2) is 0 Å². The summed E-state index contributed by atoms with van der Waals surface area (Å²) in [5.74, 6) is -5.68. The maximum absolute atomic E-state index is 14.1. The van der Waals surface area contributed by atoms with E-state index in [2.05, 4.69) is 36.9 Å². The molecule has 0 spiro atoms. The molecule has 282 valence electrons. The molecule has 0 aliphatic carbocycles. The predicted molar refractivity (Wildman–Crippen MR) is 189 cm³/mol. The van der Waals surface area contributed by atoms with Crippen LogP contribution in [0.25, 0.3) is 10.9 Å². The number of aromatic amines is 1. The number of rotatable bonds is 5. The van der Waals surface area contributed by atoms with E-state index < -0.39 is 97.2 Å². The Morgan fingerprint density at radius 2 is 1.34 bits per heavy atom. The first kappa shape index (κ1) is 38.3. The largest absolute Gasteiger partial charge is 0.508 e. The highest BCUT2D eigenvalue weighted by molar-refractivity contribution is 5.97. The second kappa shape index (κ2) is 17.0. The lowest BCUT2D eigenvalue weighted by atomic mass is 10.0. The van der Waals surface area contributed by atoms with Crippen molar-refractivity contribution < 1.29 is 43.8 Å². The van der Waals surface area contributed by atoms with Crippen molar-refractivity contribution in [2.24, 2.45) is 5.92 Å². The number of aliphatic hydroxyl groups excluding tert-OH is 1. The molecule has 0 saturated carbocycles. The molecule has 53 heavy (non-hydrogen) atoms. The van der Waals surface area contributed by atoms with Crippen LogP contribution in [0.5, 0.6) is 5.75 Å². The molecule has 1 aromatic heterocycles. The third-order valence-electron chi connectivity index (χ3n) is 9.26. The van der Waals surface area contributed by atoms with Gasteiger partial charge in [-0.3, -0.25) is 33.6 Å². The number of phenolic OH excluding ortho intramolecular Hbond substituents is 1. The van der Waals surface area contributed by atoms with E-state index in [1.165, 1.54) is 29.2 Å². The minimum Gasteiger partial charge on any atom is -0.508 e. The number of aliphatic hydroxyl groups is 1. The molecule has 1 unspecified atom stereocenters. The Morgan fingerprint density at radius 3 is 2.00 bits per heavy atom. The fourth-order valence-electron chi connectivity index (χ4n) is 6.44. The molecule has 5 rings (SSSR count). The van der Waals surface area contributed by atoms with Crippen LogP contribution < -0.4 is 31.9 Å². The number of nitrogens with zero attached hydrogens (tertiary/aromatic N) is 1. The smallest absolute Gasteiger partial charge is 0.246 e. The summed E-state index contributed by atoms with van der Waals surface area (Å²) in [6.45, 7) is 1.76. The average Bonchev–Trinajstić information content (AvgIpc) is 3.80. The van der Waals surface area contributed by atoms with Crippen LogP contribution in [-0.4, -0.2) is 112 Å². The topological polar surface area (TPSA) is 251 Å². The lowest BCUT2D eigenvalue weighted by Gasteiger charge is -2.29. The maximum atomic E-state index is 14.1. The van der Waals surface area contributed by atoms with Crippen LogP contribution in [0.3, 0.4) is 0 Å². The number of hydrogen-bond donors (Lipinski definition) is 9. The number of H-pyrrole nitrogens is 1. The first-order chi connectivity index (χ1) is 25.3. The first-order valence-corrected chi connectivity index (χ1v) is 17.4. The Bertz CT molecular complexity index is 1860. The number of phenols is 1. The van der Waals surface area contributed by atoms with Gasteiger partial charge < -0.3 is 52.0 Å². The lowest BCUT2D eigenvalue weighted by Crippen LogP contribution is -2.56. The molecule has 0 radical (unpaired) electrons. The minimum atomic E-state index is -1.67. The number of carbonyl (C=O) groups is 7. The molecular formula is C36H44N8O9. The fourth-order valence-corrected chi connectivity index (χ4v) is 6.44. The molecular weight excluding hydrogens is 688 g/mol. The summed E-state index contributed by atoms with van der Waals surface area (Å²) in [4.78, 5) is 97.9. The Morgan fingerprint density at radius 1 is 0.755 bits per heavy atom. The number of hydrogen-bond acceptors (Lipinski definition) is 9. The van der Waals surface area contributed by atoms with E-state index in [-0.39, 0.29) is 24.3 Å². The molecule has 3 aromatic rings. The molecule has 2 fully saturated rings. The molecule has 17 nitrogen and oxygen atoms in total. The molecule has 5 atom stereocenters. The zero-order chi connectivity index (χ0) is 38.2. The number of carbonyl (C=O) groups excluding carboxylic acids is 7. The van der Waals surface area contributed by atoms with Crippen LogP contribution >= 0.6 is 0 Å². The van der Waals surface area contributed by atoms with Crippen molar-refractivity contribution in [1.29, 1.82) is 0 Å². The number of aromatic nitrogens is 1. The zero-order valence-electron chi connectivity index (χ0n) is 29.3. The van der Waals surface area contributed by atoms with Crippen molar-refractivity contribution in [3.8, 4) is 5.75 Å². The number of benzene rings is 2. The molecule has 2 saturated heterocycles. The van der Waals surface area contributed by atoms with Gasteiger partial charge in [-0.15, -0.1) is 0 Å². The normalized spacial score (nSPS) is 23.5. The summed E-state index contributed by atoms with van der Waals surface area (Å²) in [5, 5.41) is 36.7. The Kier molecular flexibility index (Phi) is 12.3. The van der Waals surface area contributed by atoms with Crippen LogP contribution in [-0.2, 0) is 40.0 Å². The monoisotopic (exact) mass is 732 g/mol. The van der Waals surface area contributed by atoms with E-state index in [9.17, 15) is 43.8 Å². The van der Waals surface area contributed by atoms with E-state index >= 15 is 0 Å². The Labute approximate surface area is 304 Å². The Balaban J connectivity index is 1.44. The lowest BCUT2D eigenvalue weighted by molar-refractivity contribution is -0.141. The molecule has 2 aliphatic heterocycles. The standard InChI is InChI=1S/C36H44N8O9/c1-19(2)30-34(51)39-18-29(48)43-31(32(49)20-9-11-22(45)12-10-20)35(52)40-16-27(46)41-25(14-21-15-37-24-7-4-3-6-23(21)24)36(53)44-13-5-8-26(44)33(50)38-17-28(47)42-30/h3-4,6-7,9-12,15,19,25-26,30-32,37,45,49H,5,8,13-14,16-18H2,1-2H3,(H,38,50)(H,39,51)(H,40,52)(H,41,46)(H,42,47)(H,43,48)/t25-,26-,30-,31-,32?/m0/s1. The van der Waals surface area contributed by atoms with Crippen molar-refractivity contribution in [1.82, 2.24) is 41.8 Å². The zero-order valence-corrected chi connectivity index (χ0v) is 29.3. The van der Waals surface area contributed by atoms with Gasteiger partial charge in [0, 0.05) is 30.1 Å². The third kappa shape index (κ3) is 9.48. The van der Waals surface area contributed by atoms with Crippen LogP contribution in [0.4, 0.5) is 0 Å². The minimum absolute atomic E-state index is 0.0334. The quantitative estimate of drug-likeness (QED) is 0.150. The number of fused-ring (bicyclic) bond motifs is 2. The highest BCUT2D eigenvalue weighted by atomic mass is 16.3. The molecule has 9 N–H and O–H groups in total. The second-order valence-electron chi connectivity index (χ2n) is 13.4. The van der Waals surface area contributed by atoms with Gasteiger partial charge in [0.15, 0.2) is 0 Å². The van der Waals surface area contributed by atoms with Gasteiger partial charge >= 0.3 is 0 Å². The average molecular weight is 733 g/mol. The van der Waals surface area contributed by atoms with Crippen LogP contribution in [0.1, 0.15) is 43.9 Å². The van der Waals surface area contributed by atoms with E-state index in [1.807, 2.05) is 24.3 Å². The van der Waals surface area contributed by atoms with Gasteiger partial charge in [0.2, 0.25) is 41.4 Å². The molecule has 0 bridgehead atoms. The summed E-state index contributed by atoms with van der Waals surface area (Å²) in [7, 11) is 0.